The van der Waals surface area contributed by atoms with Crippen molar-refractivity contribution >= 4 is 17.6 Å². The zero-order valence-electron chi connectivity index (χ0n) is 15.6. The van der Waals surface area contributed by atoms with E-state index in [0.717, 1.165) is 13.2 Å². The monoisotopic (exact) mass is 435 g/mol. The quantitative estimate of drug-likeness (QED) is 0.732. The van der Waals surface area contributed by atoms with Gasteiger partial charge in [0.05, 0.1) is 38.4 Å². The fourth-order valence-electron chi connectivity index (χ4n) is 2.86. The first-order valence-electron chi connectivity index (χ1n) is 8.33. The van der Waals surface area contributed by atoms with Crippen molar-refractivity contribution in [3.05, 3.63) is 29.5 Å². The average molecular weight is 435 g/mol. The molecule has 3 rings (SSSR count). The molecule has 0 bridgehead atoms. The van der Waals surface area contributed by atoms with E-state index in [0.29, 0.717) is 16.8 Å². The molecule has 0 radical (unpaired) electrons. The molecule has 0 fully saturated rings. The highest BCUT2D eigenvalue weighted by Gasteiger charge is 2.41. The summed E-state index contributed by atoms with van der Waals surface area (Å²) in [6.07, 6.45) is -9.84. The Kier molecular flexibility index (Phi) is 5.39. The highest BCUT2D eigenvalue weighted by atomic mass is 19.4. The van der Waals surface area contributed by atoms with Crippen LogP contribution in [0.2, 0.25) is 0 Å². The normalized spacial score (nSPS) is 14.9. The molecule has 0 unspecified atom stereocenters. The van der Waals surface area contributed by atoms with E-state index in [1.807, 2.05) is 0 Å². The molecule has 0 atom stereocenters. The fraction of sp³-hybridized carbons (Fsp3) is 0.353. The second kappa shape index (κ2) is 7.54. The number of benzene rings is 1. The van der Waals surface area contributed by atoms with Crippen LogP contribution in [0, 0.1) is 0 Å². The number of hydrogen-bond acceptors (Lipinski definition) is 6. The summed E-state index contributed by atoms with van der Waals surface area (Å²) in [5.74, 6) is -1.15. The SMILES string of the molecule is COC1=NCCN=C1n1nc(C(F)(F)F)c(-c2cc(OC)cc(C(F)(F)F)c2)c1N. The molecule has 1 aliphatic rings. The summed E-state index contributed by atoms with van der Waals surface area (Å²) in [7, 11) is 2.33. The van der Waals surface area contributed by atoms with Crippen LogP contribution in [0.3, 0.4) is 0 Å². The largest absolute Gasteiger partial charge is 0.497 e. The van der Waals surface area contributed by atoms with Gasteiger partial charge in [0.15, 0.2) is 5.69 Å². The van der Waals surface area contributed by atoms with Gasteiger partial charge in [-0.2, -0.15) is 36.1 Å². The number of nitrogens with two attached hydrogens (primary N) is 1. The minimum Gasteiger partial charge on any atom is -0.497 e. The first-order valence-corrected chi connectivity index (χ1v) is 8.33. The maximum absolute atomic E-state index is 13.7. The molecule has 0 saturated carbocycles. The molecule has 1 aromatic heterocycles. The molecule has 1 aromatic carbocycles. The van der Waals surface area contributed by atoms with Gasteiger partial charge in [-0.25, -0.2) is 4.99 Å². The standard InChI is InChI=1S/C17H15F6N5O2/c1-29-10-6-8(5-9(7-10)16(18,19)20)11-12(17(21,22)23)27-28(13(11)24)14-15(30-2)26-4-3-25-14/h5-7H,3-4,24H2,1-2H3. The van der Waals surface area contributed by atoms with E-state index in [1.54, 1.807) is 0 Å². The van der Waals surface area contributed by atoms with Crippen molar-refractivity contribution in [3.8, 4) is 16.9 Å². The zero-order chi connectivity index (χ0) is 22.3. The van der Waals surface area contributed by atoms with E-state index < -0.39 is 40.6 Å². The van der Waals surface area contributed by atoms with Gasteiger partial charge in [-0.05, 0) is 23.8 Å². The van der Waals surface area contributed by atoms with Crippen LogP contribution in [0.4, 0.5) is 32.2 Å². The Hall–Kier alpha value is -3.25. The number of aromatic nitrogens is 2. The van der Waals surface area contributed by atoms with Crippen molar-refractivity contribution in [2.75, 3.05) is 33.0 Å². The van der Waals surface area contributed by atoms with Gasteiger partial charge < -0.3 is 15.2 Å². The molecule has 13 heteroatoms. The third-order valence-electron chi connectivity index (χ3n) is 4.15. The third-order valence-corrected chi connectivity index (χ3v) is 4.15. The van der Waals surface area contributed by atoms with Gasteiger partial charge in [-0.1, -0.05) is 0 Å². The van der Waals surface area contributed by atoms with Gasteiger partial charge in [0, 0.05) is 0 Å². The highest BCUT2D eigenvalue weighted by molar-refractivity contribution is 6.39. The van der Waals surface area contributed by atoms with E-state index in [4.69, 9.17) is 15.2 Å². The molecule has 2 heterocycles. The van der Waals surface area contributed by atoms with Crippen molar-refractivity contribution in [1.29, 1.82) is 0 Å². The molecule has 2 aromatic rings. The summed E-state index contributed by atoms with van der Waals surface area (Å²) in [5, 5.41) is 3.48. The maximum atomic E-state index is 13.7. The van der Waals surface area contributed by atoms with Crippen molar-refractivity contribution < 1.29 is 35.8 Å². The Morgan fingerprint density at radius 3 is 2.17 bits per heavy atom. The number of methoxy groups -OCH3 is 2. The summed E-state index contributed by atoms with van der Waals surface area (Å²) < 4.78 is 91.3. The molecular weight excluding hydrogens is 420 g/mol. The Bertz CT molecular complexity index is 1020. The summed E-state index contributed by atoms with van der Waals surface area (Å²) in [4.78, 5) is 8.03. The van der Waals surface area contributed by atoms with Gasteiger partial charge in [-0.3, -0.25) is 4.99 Å². The number of alkyl halides is 6. The predicted octanol–water partition coefficient (Wildman–Crippen LogP) is 3.48. The van der Waals surface area contributed by atoms with Crippen LogP contribution in [0.15, 0.2) is 28.2 Å². The number of anilines is 1. The summed E-state index contributed by atoms with van der Waals surface area (Å²) in [5.41, 5.74) is 2.03. The predicted molar refractivity (Wildman–Crippen MR) is 95.6 cm³/mol. The second-order valence-corrected chi connectivity index (χ2v) is 6.06. The lowest BCUT2D eigenvalue weighted by Crippen LogP contribution is -2.30. The van der Waals surface area contributed by atoms with Crippen molar-refractivity contribution in [1.82, 2.24) is 9.78 Å². The summed E-state index contributed by atoms with van der Waals surface area (Å²) in [6.45, 7) is 0.396. The van der Waals surface area contributed by atoms with E-state index in [-0.39, 0.29) is 30.6 Å². The van der Waals surface area contributed by atoms with E-state index in [9.17, 15) is 26.3 Å². The maximum Gasteiger partial charge on any atom is 0.435 e. The minimum atomic E-state index is -5.02. The van der Waals surface area contributed by atoms with Gasteiger partial charge in [0.1, 0.15) is 11.6 Å². The zero-order valence-corrected chi connectivity index (χ0v) is 15.6. The van der Waals surface area contributed by atoms with Crippen molar-refractivity contribution in [3.63, 3.8) is 0 Å². The van der Waals surface area contributed by atoms with Crippen molar-refractivity contribution in [2.45, 2.75) is 12.4 Å². The second-order valence-electron chi connectivity index (χ2n) is 6.06. The molecule has 2 N–H and O–H groups in total. The number of nitrogens with zero attached hydrogens (tertiary/aromatic N) is 4. The van der Waals surface area contributed by atoms with E-state index in [1.165, 1.54) is 7.11 Å². The number of ether oxygens (including phenoxy) is 2. The van der Waals surface area contributed by atoms with Crippen LogP contribution in [-0.2, 0) is 17.1 Å². The molecule has 0 amide bonds. The molecule has 162 valence electrons. The lowest BCUT2D eigenvalue weighted by molar-refractivity contribution is -0.140. The van der Waals surface area contributed by atoms with Gasteiger partial charge in [0.2, 0.25) is 5.84 Å². The Morgan fingerprint density at radius 2 is 1.60 bits per heavy atom. The molecule has 30 heavy (non-hydrogen) atoms. The Morgan fingerprint density at radius 1 is 0.933 bits per heavy atom. The highest BCUT2D eigenvalue weighted by Crippen LogP contribution is 2.43. The number of nitrogen functional groups attached to an aromatic ring is 1. The molecule has 7 nitrogen and oxygen atoms in total. The molecule has 1 aliphatic heterocycles. The summed E-state index contributed by atoms with van der Waals surface area (Å²) in [6, 6.07) is 2.22. The van der Waals surface area contributed by atoms with Gasteiger partial charge in [0.25, 0.3) is 5.90 Å². The van der Waals surface area contributed by atoms with Gasteiger partial charge >= 0.3 is 12.4 Å². The van der Waals surface area contributed by atoms with Crippen molar-refractivity contribution in [2.24, 2.45) is 9.98 Å². The first kappa shape index (κ1) is 21.5. The number of hydrogen-bond donors (Lipinski definition) is 1. The van der Waals surface area contributed by atoms with Crippen LogP contribution in [0.1, 0.15) is 11.3 Å². The average Bonchev–Trinajstić information content (AvgIpc) is 3.04. The molecular formula is C17H15F6N5O2. The number of aliphatic imine (C=N–C) groups is 2. The van der Waals surface area contributed by atoms with E-state index >= 15 is 0 Å². The molecule has 0 saturated heterocycles. The lowest BCUT2D eigenvalue weighted by Gasteiger charge is -2.14. The third kappa shape index (κ3) is 3.91. The van der Waals surface area contributed by atoms with E-state index in [2.05, 4.69) is 15.1 Å². The van der Waals surface area contributed by atoms with Crippen LogP contribution < -0.4 is 10.5 Å². The Balaban J connectivity index is 2.29. The van der Waals surface area contributed by atoms with Crippen LogP contribution >= 0.6 is 0 Å². The van der Waals surface area contributed by atoms with Crippen LogP contribution in [0.5, 0.6) is 5.75 Å². The van der Waals surface area contributed by atoms with Gasteiger partial charge in [-0.15, -0.1) is 0 Å². The first-order chi connectivity index (χ1) is 14.0. The van der Waals surface area contributed by atoms with Crippen LogP contribution in [0.25, 0.3) is 11.1 Å². The lowest BCUT2D eigenvalue weighted by atomic mass is 10.0. The smallest absolute Gasteiger partial charge is 0.435 e. The molecule has 0 aliphatic carbocycles. The fourth-order valence-corrected chi connectivity index (χ4v) is 2.86. The molecule has 0 spiro atoms. The summed E-state index contributed by atoms with van der Waals surface area (Å²) >= 11 is 0. The minimum absolute atomic E-state index is 0.0997. The number of rotatable bonds is 2. The van der Waals surface area contributed by atoms with Crippen LogP contribution in [-0.4, -0.2) is 48.8 Å². The Labute approximate surface area is 165 Å². The topological polar surface area (TPSA) is 87.0 Å². The number of halogens is 6.